The summed E-state index contributed by atoms with van der Waals surface area (Å²) in [6, 6.07) is 0. The lowest BCUT2D eigenvalue weighted by Crippen LogP contribution is -2.51. The topological polar surface area (TPSA) is 43.9 Å². The quantitative estimate of drug-likeness (QED) is 0.732. The third kappa shape index (κ3) is 5.49. The first kappa shape index (κ1) is 17.0. The highest BCUT2D eigenvalue weighted by Crippen LogP contribution is 2.06. The van der Waals surface area contributed by atoms with E-state index in [1.54, 1.807) is 11.8 Å². The Balaban J connectivity index is 2.43. The van der Waals surface area contributed by atoms with Gasteiger partial charge in [0.05, 0.1) is 6.54 Å². The van der Waals surface area contributed by atoms with Crippen LogP contribution in [-0.2, 0) is 9.59 Å². The van der Waals surface area contributed by atoms with Crippen LogP contribution in [0, 0.1) is 5.92 Å². The second kappa shape index (κ2) is 8.25. The van der Waals surface area contributed by atoms with E-state index >= 15 is 0 Å². The summed E-state index contributed by atoms with van der Waals surface area (Å²) in [6.07, 6.45) is 0.941. The monoisotopic (exact) mass is 283 g/mol. The van der Waals surface area contributed by atoms with Crippen molar-refractivity contribution in [3.05, 3.63) is 0 Å². The molecular formula is C15H29N3O2. The van der Waals surface area contributed by atoms with Gasteiger partial charge in [0, 0.05) is 39.6 Å². The summed E-state index contributed by atoms with van der Waals surface area (Å²) in [6.45, 7) is 13.3. The lowest BCUT2D eigenvalue weighted by molar-refractivity contribution is -0.140. The summed E-state index contributed by atoms with van der Waals surface area (Å²) in [4.78, 5) is 29.8. The lowest BCUT2D eigenvalue weighted by atomic mass is 10.1. The van der Waals surface area contributed by atoms with Gasteiger partial charge in [-0.05, 0) is 18.9 Å². The van der Waals surface area contributed by atoms with Crippen molar-refractivity contribution < 1.29 is 9.59 Å². The SMILES string of the molecule is CCN1CCN(C(=O)CN(CCC(C)C)C(C)=O)CC1. The van der Waals surface area contributed by atoms with Crippen LogP contribution < -0.4 is 0 Å². The van der Waals surface area contributed by atoms with Crippen molar-refractivity contribution in [2.45, 2.75) is 34.1 Å². The van der Waals surface area contributed by atoms with E-state index in [2.05, 4.69) is 25.7 Å². The molecule has 1 aliphatic rings. The minimum absolute atomic E-state index is 0.00815. The van der Waals surface area contributed by atoms with E-state index in [9.17, 15) is 9.59 Å². The summed E-state index contributed by atoms with van der Waals surface area (Å²) < 4.78 is 0. The Labute approximate surface area is 122 Å². The molecule has 0 saturated carbocycles. The Kier molecular flexibility index (Phi) is 6.99. The molecule has 20 heavy (non-hydrogen) atoms. The van der Waals surface area contributed by atoms with Crippen molar-refractivity contribution >= 4 is 11.8 Å². The summed E-state index contributed by atoms with van der Waals surface area (Å²) >= 11 is 0. The van der Waals surface area contributed by atoms with E-state index in [-0.39, 0.29) is 18.4 Å². The molecule has 2 amide bonds. The van der Waals surface area contributed by atoms with Crippen molar-refractivity contribution in [2.75, 3.05) is 45.8 Å². The van der Waals surface area contributed by atoms with Gasteiger partial charge in [0.2, 0.25) is 11.8 Å². The molecule has 1 rings (SSSR count). The molecule has 0 unspecified atom stereocenters. The predicted octanol–water partition coefficient (Wildman–Crippen LogP) is 1.05. The van der Waals surface area contributed by atoms with Gasteiger partial charge >= 0.3 is 0 Å². The molecule has 1 saturated heterocycles. The van der Waals surface area contributed by atoms with Crippen molar-refractivity contribution in [1.29, 1.82) is 0 Å². The number of carbonyl (C=O) groups excluding carboxylic acids is 2. The zero-order valence-corrected chi connectivity index (χ0v) is 13.4. The molecule has 0 radical (unpaired) electrons. The molecule has 0 aromatic rings. The van der Waals surface area contributed by atoms with Crippen molar-refractivity contribution in [1.82, 2.24) is 14.7 Å². The molecule has 0 spiro atoms. The second-order valence-corrected chi connectivity index (χ2v) is 5.94. The molecule has 1 aliphatic heterocycles. The number of carbonyl (C=O) groups is 2. The molecule has 0 aromatic carbocycles. The number of nitrogens with zero attached hydrogens (tertiary/aromatic N) is 3. The van der Waals surface area contributed by atoms with Gasteiger partial charge in [0.25, 0.3) is 0 Å². The minimum atomic E-state index is -0.00815. The number of hydrogen-bond donors (Lipinski definition) is 0. The normalized spacial score (nSPS) is 16.6. The average molecular weight is 283 g/mol. The van der Waals surface area contributed by atoms with Gasteiger partial charge in [-0.2, -0.15) is 0 Å². The van der Waals surface area contributed by atoms with Gasteiger partial charge in [-0.3, -0.25) is 9.59 Å². The fraction of sp³-hybridized carbons (Fsp3) is 0.867. The molecule has 0 bridgehead atoms. The summed E-state index contributed by atoms with van der Waals surface area (Å²) in [7, 11) is 0. The van der Waals surface area contributed by atoms with E-state index in [4.69, 9.17) is 0 Å². The molecule has 5 nitrogen and oxygen atoms in total. The molecule has 0 atom stereocenters. The summed E-state index contributed by atoms with van der Waals surface area (Å²) in [5, 5.41) is 0. The van der Waals surface area contributed by atoms with E-state index in [0.29, 0.717) is 12.5 Å². The molecule has 0 aliphatic carbocycles. The Morgan fingerprint density at radius 2 is 1.75 bits per heavy atom. The van der Waals surface area contributed by atoms with Crippen molar-refractivity contribution in [3.63, 3.8) is 0 Å². The molecule has 1 fully saturated rings. The first-order valence-corrected chi connectivity index (χ1v) is 7.69. The number of amides is 2. The van der Waals surface area contributed by atoms with E-state index < -0.39 is 0 Å². The number of likely N-dealkylation sites (N-methyl/N-ethyl adjacent to an activating group) is 1. The molecule has 0 N–H and O–H groups in total. The van der Waals surface area contributed by atoms with Gasteiger partial charge in [0.15, 0.2) is 0 Å². The Morgan fingerprint density at radius 1 is 1.15 bits per heavy atom. The molecule has 116 valence electrons. The smallest absolute Gasteiger partial charge is 0.242 e. The highest BCUT2D eigenvalue weighted by Gasteiger charge is 2.22. The van der Waals surface area contributed by atoms with Crippen LogP contribution in [0.3, 0.4) is 0 Å². The van der Waals surface area contributed by atoms with Gasteiger partial charge in [0.1, 0.15) is 0 Å². The summed E-state index contributed by atoms with van der Waals surface area (Å²) in [5.41, 5.74) is 0. The van der Waals surface area contributed by atoms with Gasteiger partial charge in [-0.25, -0.2) is 0 Å². The second-order valence-electron chi connectivity index (χ2n) is 5.94. The first-order valence-electron chi connectivity index (χ1n) is 7.69. The lowest BCUT2D eigenvalue weighted by Gasteiger charge is -2.35. The minimum Gasteiger partial charge on any atom is -0.339 e. The van der Waals surface area contributed by atoms with Crippen LogP contribution in [0.5, 0.6) is 0 Å². The zero-order valence-electron chi connectivity index (χ0n) is 13.4. The van der Waals surface area contributed by atoms with Crippen molar-refractivity contribution in [3.8, 4) is 0 Å². The fourth-order valence-electron chi connectivity index (χ4n) is 2.34. The highest BCUT2D eigenvalue weighted by molar-refractivity contribution is 5.83. The van der Waals surface area contributed by atoms with E-state index in [1.165, 1.54) is 0 Å². The maximum Gasteiger partial charge on any atom is 0.242 e. The molecule has 5 heteroatoms. The van der Waals surface area contributed by atoms with Gasteiger partial charge < -0.3 is 14.7 Å². The van der Waals surface area contributed by atoms with E-state index in [1.807, 2.05) is 4.90 Å². The maximum absolute atomic E-state index is 12.3. The Bertz CT molecular complexity index is 323. The molecule has 1 heterocycles. The van der Waals surface area contributed by atoms with Crippen LogP contribution >= 0.6 is 0 Å². The number of piperazine rings is 1. The van der Waals surface area contributed by atoms with Gasteiger partial charge in [-0.15, -0.1) is 0 Å². The predicted molar refractivity (Wildman–Crippen MR) is 80.4 cm³/mol. The number of hydrogen-bond acceptors (Lipinski definition) is 3. The van der Waals surface area contributed by atoms with Crippen LogP contribution in [0.15, 0.2) is 0 Å². The van der Waals surface area contributed by atoms with Crippen molar-refractivity contribution in [2.24, 2.45) is 5.92 Å². The van der Waals surface area contributed by atoms with Crippen LogP contribution in [0.4, 0.5) is 0 Å². The largest absolute Gasteiger partial charge is 0.339 e. The highest BCUT2D eigenvalue weighted by atomic mass is 16.2. The third-order valence-corrected chi connectivity index (χ3v) is 3.92. The Morgan fingerprint density at radius 3 is 2.20 bits per heavy atom. The fourth-order valence-corrected chi connectivity index (χ4v) is 2.34. The number of rotatable bonds is 6. The average Bonchev–Trinajstić information content (AvgIpc) is 2.42. The van der Waals surface area contributed by atoms with Gasteiger partial charge in [-0.1, -0.05) is 20.8 Å². The van der Waals surface area contributed by atoms with Crippen LogP contribution in [0.2, 0.25) is 0 Å². The Hall–Kier alpha value is -1.10. The maximum atomic E-state index is 12.3. The van der Waals surface area contributed by atoms with E-state index in [0.717, 1.165) is 39.1 Å². The standard InChI is InChI=1S/C15H29N3O2/c1-5-16-8-10-17(11-9-16)15(20)12-18(14(4)19)7-6-13(2)3/h13H,5-12H2,1-4H3. The zero-order chi connectivity index (χ0) is 15.1. The third-order valence-electron chi connectivity index (χ3n) is 3.92. The molecule has 0 aromatic heterocycles. The van der Waals surface area contributed by atoms with Crippen LogP contribution in [0.1, 0.15) is 34.1 Å². The van der Waals surface area contributed by atoms with Crippen LogP contribution in [-0.4, -0.2) is 72.3 Å². The summed E-state index contributed by atoms with van der Waals surface area (Å²) in [5.74, 6) is 0.617. The first-order chi connectivity index (χ1) is 9.43. The molecular weight excluding hydrogens is 254 g/mol. The van der Waals surface area contributed by atoms with Crippen LogP contribution in [0.25, 0.3) is 0 Å².